The summed E-state index contributed by atoms with van der Waals surface area (Å²) < 4.78 is 0. The van der Waals surface area contributed by atoms with Crippen LogP contribution >= 0.6 is 0 Å². The first-order valence-corrected chi connectivity index (χ1v) is 3.26. The maximum atomic E-state index is 8.79. The van der Waals surface area contributed by atoms with Gasteiger partial charge in [-0.2, -0.15) is 0 Å². The van der Waals surface area contributed by atoms with Crippen LogP contribution in [0.15, 0.2) is 12.5 Å². The maximum Gasteiger partial charge on any atom is 0.155 e. The molecule has 3 heteroatoms. The van der Waals surface area contributed by atoms with E-state index in [4.69, 9.17) is 5.11 Å². The molecular formula is C7H12N2O. The van der Waals surface area contributed by atoms with Crippen LogP contribution in [0.4, 0.5) is 0 Å². The van der Waals surface area contributed by atoms with Gasteiger partial charge in [0.05, 0.1) is 11.9 Å². The van der Waals surface area contributed by atoms with Gasteiger partial charge in [0.1, 0.15) is 6.33 Å². The van der Waals surface area contributed by atoms with Crippen LogP contribution in [0.1, 0.15) is 19.5 Å². The van der Waals surface area contributed by atoms with Gasteiger partial charge < -0.3 is 5.11 Å². The number of aryl methyl sites for hydroxylation is 1. The first-order valence-electron chi connectivity index (χ1n) is 3.26. The second-order valence-electron chi connectivity index (χ2n) is 1.49. The Bertz CT molecular complexity index is 168. The van der Waals surface area contributed by atoms with E-state index in [1.807, 2.05) is 13.8 Å². The number of aromatic hydroxyl groups is 1. The minimum Gasteiger partial charge on any atom is -0.504 e. The molecule has 1 rings (SSSR count). The second-order valence-corrected chi connectivity index (χ2v) is 1.49. The third-order valence-electron chi connectivity index (χ3n) is 0.886. The molecule has 0 spiro atoms. The van der Waals surface area contributed by atoms with Gasteiger partial charge in [-0.25, -0.2) is 9.97 Å². The summed E-state index contributed by atoms with van der Waals surface area (Å²) in [5.41, 5.74) is 0.611. The summed E-state index contributed by atoms with van der Waals surface area (Å²) in [4.78, 5) is 7.30. The summed E-state index contributed by atoms with van der Waals surface area (Å²) in [7, 11) is 0. The minimum absolute atomic E-state index is 0.146. The average molecular weight is 140 g/mol. The molecule has 0 fully saturated rings. The maximum absolute atomic E-state index is 8.79. The van der Waals surface area contributed by atoms with Crippen LogP contribution in [0.5, 0.6) is 5.75 Å². The van der Waals surface area contributed by atoms with Crippen molar-refractivity contribution in [2.24, 2.45) is 0 Å². The van der Waals surface area contributed by atoms with Crippen molar-refractivity contribution in [3.8, 4) is 5.75 Å². The highest BCUT2D eigenvalue weighted by molar-refractivity contribution is 5.18. The van der Waals surface area contributed by atoms with Gasteiger partial charge in [0, 0.05) is 0 Å². The Balaban J connectivity index is 0.000000371. The molecular weight excluding hydrogens is 128 g/mol. The van der Waals surface area contributed by atoms with Crippen molar-refractivity contribution in [1.29, 1.82) is 0 Å². The zero-order chi connectivity index (χ0) is 7.98. The quantitative estimate of drug-likeness (QED) is 0.594. The van der Waals surface area contributed by atoms with Gasteiger partial charge in [-0.15, -0.1) is 0 Å². The molecule has 1 heterocycles. The van der Waals surface area contributed by atoms with Crippen LogP contribution in [-0.4, -0.2) is 15.1 Å². The third kappa shape index (κ3) is 2.44. The Hall–Kier alpha value is -1.12. The number of hydrogen-bond acceptors (Lipinski definition) is 3. The van der Waals surface area contributed by atoms with Crippen molar-refractivity contribution in [2.75, 3.05) is 0 Å². The molecule has 0 saturated carbocycles. The van der Waals surface area contributed by atoms with Gasteiger partial charge in [0.25, 0.3) is 0 Å². The van der Waals surface area contributed by atoms with Gasteiger partial charge in [-0.3, -0.25) is 0 Å². The number of nitrogens with zero attached hydrogens (tertiary/aromatic N) is 2. The largest absolute Gasteiger partial charge is 0.504 e. The van der Waals surface area contributed by atoms with Crippen LogP contribution in [0.3, 0.4) is 0 Å². The highest BCUT2D eigenvalue weighted by atomic mass is 16.3. The predicted octanol–water partition coefficient (Wildman–Crippen LogP) is 1.52. The molecule has 56 valence electrons. The van der Waals surface area contributed by atoms with E-state index in [1.165, 1.54) is 12.5 Å². The fourth-order valence-corrected chi connectivity index (χ4v) is 0.383. The molecule has 0 aromatic carbocycles. The number of hydrogen-bond donors (Lipinski definition) is 1. The standard InChI is InChI=1S/C5H6N2O.C2H6/c1-4-5(8)2-6-3-7-4;1-2/h2-3,8H,1H3;1-2H3. The highest BCUT2D eigenvalue weighted by Gasteiger charge is 1.89. The summed E-state index contributed by atoms with van der Waals surface area (Å²) in [6.45, 7) is 5.72. The molecule has 3 nitrogen and oxygen atoms in total. The van der Waals surface area contributed by atoms with Crippen molar-refractivity contribution in [3.63, 3.8) is 0 Å². The van der Waals surface area contributed by atoms with Crippen LogP contribution in [0, 0.1) is 6.92 Å². The minimum atomic E-state index is 0.146. The van der Waals surface area contributed by atoms with Gasteiger partial charge in [-0.1, -0.05) is 13.8 Å². The van der Waals surface area contributed by atoms with Crippen molar-refractivity contribution in [2.45, 2.75) is 20.8 Å². The summed E-state index contributed by atoms with van der Waals surface area (Å²) in [5, 5.41) is 8.79. The number of aromatic nitrogens is 2. The van der Waals surface area contributed by atoms with E-state index in [0.717, 1.165) is 0 Å². The highest BCUT2D eigenvalue weighted by Crippen LogP contribution is 2.06. The topological polar surface area (TPSA) is 46.0 Å². The zero-order valence-electron chi connectivity index (χ0n) is 6.50. The molecule has 1 aromatic rings. The molecule has 0 radical (unpaired) electrons. The summed E-state index contributed by atoms with van der Waals surface area (Å²) in [5.74, 6) is 0.146. The molecule has 10 heavy (non-hydrogen) atoms. The van der Waals surface area contributed by atoms with Crippen molar-refractivity contribution < 1.29 is 5.11 Å². The summed E-state index contributed by atoms with van der Waals surface area (Å²) in [6, 6.07) is 0. The zero-order valence-corrected chi connectivity index (χ0v) is 6.50. The smallest absolute Gasteiger partial charge is 0.155 e. The average Bonchev–Trinajstić information content (AvgIpc) is 2.00. The Labute approximate surface area is 60.8 Å². The number of rotatable bonds is 0. The molecule has 0 saturated heterocycles. The fraction of sp³-hybridized carbons (Fsp3) is 0.429. The monoisotopic (exact) mass is 140 g/mol. The van der Waals surface area contributed by atoms with E-state index >= 15 is 0 Å². The molecule has 1 N–H and O–H groups in total. The van der Waals surface area contributed by atoms with Crippen LogP contribution in [0.25, 0.3) is 0 Å². The fourth-order valence-electron chi connectivity index (χ4n) is 0.383. The molecule has 0 aliphatic heterocycles. The molecule has 0 atom stereocenters. The van der Waals surface area contributed by atoms with Gasteiger partial charge in [0.2, 0.25) is 0 Å². The lowest BCUT2D eigenvalue weighted by molar-refractivity contribution is 0.464. The Morgan fingerprint density at radius 1 is 1.40 bits per heavy atom. The lowest BCUT2D eigenvalue weighted by Crippen LogP contribution is -1.80. The molecule has 0 aliphatic carbocycles. The van der Waals surface area contributed by atoms with E-state index in [1.54, 1.807) is 6.92 Å². The van der Waals surface area contributed by atoms with E-state index < -0.39 is 0 Å². The summed E-state index contributed by atoms with van der Waals surface area (Å²) >= 11 is 0. The Morgan fingerprint density at radius 2 is 2.00 bits per heavy atom. The van der Waals surface area contributed by atoms with Crippen molar-refractivity contribution >= 4 is 0 Å². The van der Waals surface area contributed by atoms with E-state index in [-0.39, 0.29) is 5.75 Å². The Kier molecular flexibility index (Phi) is 4.20. The van der Waals surface area contributed by atoms with E-state index in [0.29, 0.717) is 5.69 Å². The molecule has 1 aromatic heterocycles. The van der Waals surface area contributed by atoms with Crippen LogP contribution in [-0.2, 0) is 0 Å². The van der Waals surface area contributed by atoms with Crippen molar-refractivity contribution in [1.82, 2.24) is 9.97 Å². The SMILES string of the molecule is CC.Cc1ncncc1O. The summed E-state index contributed by atoms with van der Waals surface area (Å²) in [6.07, 6.45) is 2.76. The Morgan fingerprint density at radius 3 is 2.30 bits per heavy atom. The van der Waals surface area contributed by atoms with E-state index in [2.05, 4.69) is 9.97 Å². The van der Waals surface area contributed by atoms with Crippen molar-refractivity contribution in [3.05, 3.63) is 18.2 Å². The molecule has 0 aliphatic rings. The van der Waals surface area contributed by atoms with Crippen LogP contribution in [0.2, 0.25) is 0 Å². The van der Waals surface area contributed by atoms with E-state index in [9.17, 15) is 0 Å². The second kappa shape index (κ2) is 4.73. The van der Waals surface area contributed by atoms with Crippen LogP contribution < -0.4 is 0 Å². The molecule has 0 unspecified atom stereocenters. The molecule has 0 amide bonds. The molecule has 0 bridgehead atoms. The first kappa shape index (κ1) is 8.88. The first-order chi connectivity index (χ1) is 4.80. The van der Waals surface area contributed by atoms with Gasteiger partial charge >= 0.3 is 0 Å². The normalized spacial score (nSPS) is 7.90. The lowest BCUT2D eigenvalue weighted by Gasteiger charge is -1.90. The van der Waals surface area contributed by atoms with Gasteiger partial charge in [-0.05, 0) is 6.92 Å². The predicted molar refractivity (Wildman–Crippen MR) is 39.8 cm³/mol. The third-order valence-corrected chi connectivity index (χ3v) is 0.886. The van der Waals surface area contributed by atoms with Gasteiger partial charge in [0.15, 0.2) is 5.75 Å². The lowest BCUT2D eigenvalue weighted by atomic mass is 10.4.